The molecule has 0 bridgehead atoms. The maximum absolute atomic E-state index is 11.4. The van der Waals surface area contributed by atoms with Crippen LogP contribution in [0.4, 0.5) is 17.8 Å². The van der Waals surface area contributed by atoms with E-state index in [0.717, 1.165) is 12.8 Å². The summed E-state index contributed by atoms with van der Waals surface area (Å²) in [6.45, 7) is 3.23. The van der Waals surface area contributed by atoms with Crippen LogP contribution in [-0.4, -0.2) is 51.1 Å². The molecule has 0 aliphatic carbocycles. The predicted molar refractivity (Wildman–Crippen MR) is 106 cm³/mol. The van der Waals surface area contributed by atoms with E-state index in [1.807, 2.05) is 0 Å². The number of hydrogen-bond donors (Lipinski definition) is 6. The second kappa shape index (κ2) is 12.5. The van der Waals surface area contributed by atoms with Gasteiger partial charge in [-0.1, -0.05) is 32.6 Å². The number of unbranched alkanes of at least 4 members (excludes halogenated alkanes) is 4. The third-order valence-electron chi connectivity index (χ3n) is 3.76. The van der Waals surface area contributed by atoms with Crippen LogP contribution in [0.1, 0.15) is 51.9 Å². The van der Waals surface area contributed by atoms with Crippen molar-refractivity contribution in [2.24, 2.45) is 16.5 Å². The highest BCUT2D eigenvalue weighted by molar-refractivity contribution is 5.76. The van der Waals surface area contributed by atoms with E-state index >= 15 is 0 Å². The number of nitrogens with zero attached hydrogens (tertiary/aromatic N) is 4. The lowest BCUT2D eigenvalue weighted by molar-refractivity contribution is -0.138. The van der Waals surface area contributed by atoms with Gasteiger partial charge in [-0.15, -0.1) is 0 Å². The van der Waals surface area contributed by atoms with Crippen molar-refractivity contribution in [3.05, 3.63) is 0 Å². The highest BCUT2D eigenvalue weighted by atomic mass is 16.4. The summed E-state index contributed by atoms with van der Waals surface area (Å²) in [6, 6.07) is -0.886. The van der Waals surface area contributed by atoms with Crippen molar-refractivity contribution in [2.45, 2.75) is 57.9 Å². The van der Waals surface area contributed by atoms with Gasteiger partial charge >= 0.3 is 5.97 Å². The van der Waals surface area contributed by atoms with Crippen LogP contribution in [0.25, 0.3) is 0 Å². The lowest BCUT2D eigenvalue weighted by Gasteiger charge is -2.14. The Morgan fingerprint density at radius 1 is 1.11 bits per heavy atom. The van der Waals surface area contributed by atoms with E-state index < -0.39 is 12.0 Å². The van der Waals surface area contributed by atoms with Crippen LogP contribution in [0.2, 0.25) is 0 Å². The summed E-state index contributed by atoms with van der Waals surface area (Å²) < 4.78 is 0. The Morgan fingerprint density at radius 3 is 2.48 bits per heavy atom. The Labute approximate surface area is 159 Å². The van der Waals surface area contributed by atoms with Gasteiger partial charge in [0.25, 0.3) is 0 Å². The van der Waals surface area contributed by atoms with E-state index in [2.05, 4.69) is 37.5 Å². The first-order valence-corrected chi connectivity index (χ1v) is 9.22. The summed E-state index contributed by atoms with van der Waals surface area (Å²) in [5.74, 6) is -0.587. The van der Waals surface area contributed by atoms with E-state index in [1.54, 1.807) is 0 Å². The van der Waals surface area contributed by atoms with Gasteiger partial charge in [-0.05, 0) is 19.3 Å². The third kappa shape index (κ3) is 10.0. The molecule has 0 aliphatic rings. The molecule has 152 valence electrons. The van der Waals surface area contributed by atoms with Gasteiger partial charge in [0.2, 0.25) is 17.8 Å². The summed E-state index contributed by atoms with van der Waals surface area (Å²) in [5, 5.41) is 15.2. The van der Waals surface area contributed by atoms with Crippen LogP contribution >= 0.6 is 0 Å². The molecule has 11 heteroatoms. The van der Waals surface area contributed by atoms with Crippen molar-refractivity contribution >= 4 is 29.8 Å². The molecule has 0 aromatic carbocycles. The summed E-state index contributed by atoms with van der Waals surface area (Å²) in [7, 11) is 0. The maximum Gasteiger partial charge on any atom is 0.326 e. The van der Waals surface area contributed by atoms with E-state index in [1.165, 1.54) is 19.3 Å². The molecule has 0 amide bonds. The number of carbonyl (C=O) groups is 1. The van der Waals surface area contributed by atoms with Crippen molar-refractivity contribution < 1.29 is 9.90 Å². The Hall–Kier alpha value is -2.85. The fraction of sp³-hybridized carbons (Fsp3) is 0.688. The van der Waals surface area contributed by atoms with Crippen molar-refractivity contribution in [3.8, 4) is 0 Å². The lowest BCUT2D eigenvalue weighted by atomic mass is 10.1. The molecular weight excluding hydrogens is 350 g/mol. The second-order valence-electron chi connectivity index (χ2n) is 6.17. The third-order valence-corrected chi connectivity index (χ3v) is 3.76. The second-order valence-corrected chi connectivity index (χ2v) is 6.17. The zero-order valence-corrected chi connectivity index (χ0v) is 15.8. The monoisotopic (exact) mass is 381 g/mol. The first kappa shape index (κ1) is 22.2. The summed E-state index contributed by atoms with van der Waals surface area (Å²) in [6.07, 6.45) is 6.55. The molecule has 11 nitrogen and oxygen atoms in total. The first-order valence-electron chi connectivity index (χ1n) is 9.22. The Morgan fingerprint density at radius 2 is 1.81 bits per heavy atom. The number of anilines is 3. The lowest BCUT2D eigenvalue weighted by Crippen LogP contribution is -2.31. The molecule has 1 unspecified atom stereocenters. The Bertz CT molecular complexity index is 606. The van der Waals surface area contributed by atoms with Gasteiger partial charge in [-0.2, -0.15) is 15.0 Å². The SMILES string of the molecule is CCCCCCCNc1nc(N)nc(NC(CCCN=C(N)N)C(=O)O)n1. The van der Waals surface area contributed by atoms with Crippen LogP contribution in [0.15, 0.2) is 4.99 Å². The normalized spacial score (nSPS) is 11.6. The van der Waals surface area contributed by atoms with Crippen LogP contribution < -0.4 is 27.8 Å². The molecule has 1 aromatic heterocycles. The topological polar surface area (TPSA) is 190 Å². The highest BCUT2D eigenvalue weighted by Gasteiger charge is 2.18. The summed E-state index contributed by atoms with van der Waals surface area (Å²) in [5.41, 5.74) is 16.2. The molecular formula is C16H31N9O2. The summed E-state index contributed by atoms with van der Waals surface area (Å²) in [4.78, 5) is 27.4. The average Bonchev–Trinajstić information content (AvgIpc) is 2.59. The molecule has 0 saturated heterocycles. The number of carboxylic acid groups (broad SMARTS) is 1. The van der Waals surface area contributed by atoms with E-state index in [-0.39, 0.29) is 17.9 Å². The minimum Gasteiger partial charge on any atom is -0.480 e. The van der Waals surface area contributed by atoms with E-state index in [0.29, 0.717) is 31.9 Å². The van der Waals surface area contributed by atoms with Gasteiger partial charge < -0.3 is 32.9 Å². The number of guanidine groups is 1. The van der Waals surface area contributed by atoms with Crippen molar-refractivity contribution in [3.63, 3.8) is 0 Å². The first-order chi connectivity index (χ1) is 12.9. The predicted octanol–water partition coefficient (Wildman–Crippen LogP) is 0.755. The molecule has 0 radical (unpaired) electrons. The van der Waals surface area contributed by atoms with Crippen molar-refractivity contribution in [1.82, 2.24) is 15.0 Å². The molecule has 1 aromatic rings. The van der Waals surface area contributed by atoms with Crippen LogP contribution in [0.5, 0.6) is 0 Å². The largest absolute Gasteiger partial charge is 0.480 e. The number of nitrogens with one attached hydrogen (secondary N) is 2. The van der Waals surface area contributed by atoms with Gasteiger partial charge in [0, 0.05) is 13.1 Å². The van der Waals surface area contributed by atoms with Crippen LogP contribution in [0, 0.1) is 0 Å². The molecule has 1 rings (SSSR count). The maximum atomic E-state index is 11.4. The van der Waals surface area contributed by atoms with E-state index in [9.17, 15) is 9.90 Å². The van der Waals surface area contributed by atoms with Gasteiger partial charge in [0.1, 0.15) is 6.04 Å². The van der Waals surface area contributed by atoms with Crippen molar-refractivity contribution in [1.29, 1.82) is 0 Å². The van der Waals surface area contributed by atoms with Gasteiger partial charge in [-0.25, -0.2) is 4.79 Å². The Balaban J connectivity index is 2.57. The molecule has 1 heterocycles. The van der Waals surface area contributed by atoms with Gasteiger partial charge in [-0.3, -0.25) is 4.99 Å². The standard InChI is InChI=1S/C16H31N9O2/c1-2-3-4-5-6-9-21-15-23-14(19)24-16(25-15)22-11(12(26)27)8-7-10-20-13(17)18/h11H,2-10H2,1H3,(H,26,27)(H4,17,18,20)(H4,19,21,22,23,24,25). The molecule has 27 heavy (non-hydrogen) atoms. The number of aromatic nitrogens is 3. The minimum atomic E-state index is -1.02. The van der Waals surface area contributed by atoms with Crippen LogP contribution in [-0.2, 0) is 4.79 Å². The average molecular weight is 381 g/mol. The number of rotatable bonds is 14. The highest BCUT2D eigenvalue weighted by Crippen LogP contribution is 2.11. The fourth-order valence-corrected chi connectivity index (χ4v) is 2.38. The molecule has 9 N–H and O–H groups in total. The summed E-state index contributed by atoms with van der Waals surface area (Å²) >= 11 is 0. The number of aliphatic carboxylic acids is 1. The zero-order valence-electron chi connectivity index (χ0n) is 15.8. The quantitative estimate of drug-likeness (QED) is 0.152. The van der Waals surface area contributed by atoms with Crippen LogP contribution in [0.3, 0.4) is 0 Å². The smallest absolute Gasteiger partial charge is 0.326 e. The molecule has 1 atom stereocenters. The Kier molecular flexibility index (Phi) is 10.3. The molecule has 0 spiro atoms. The number of aliphatic imine (C=N–C) groups is 1. The number of hydrogen-bond acceptors (Lipinski definition) is 8. The van der Waals surface area contributed by atoms with Gasteiger partial charge in [0.05, 0.1) is 0 Å². The minimum absolute atomic E-state index is 0.0191. The number of carboxylic acids is 1. The fourth-order valence-electron chi connectivity index (χ4n) is 2.38. The zero-order chi connectivity index (χ0) is 20.1. The molecule has 0 saturated carbocycles. The molecule has 0 aliphatic heterocycles. The molecule has 0 fully saturated rings. The van der Waals surface area contributed by atoms with E-state index in [4.69, 9.17) is 17.2 Å². The van der Waals surface area contributed by atoms with Gasteiger partial charge in [0.15, 0.2) is 5.96 Å². The number of nitrogen functional groups attached to an aromatic ring is 1. The van der Waals surface area contributed by atoms with Crippen molar-refractivity contribution in [2.75, 3.05) is 29.5 Å². The number of nitrogens with two attached hydrogens (primary N) is 3.